The Kier molecular flexibility index (Phi) is 3.84. The second-order valence-electron chi connectivity index (χ2n) is 5.48. The molecule has 2 atom stereocenters. The number of carbonyl (C=O) groups is 1. The Morgan fingerprint density at radius 2 is 2.15 bits per heavy atom. The van der Waals surface area contributed by atoms with E-state index in [0.29, 0.717) is 23.6 Å². The summed E-state index contributed by atoms with van der Waals surface area (Å²) in [4.78, 5) is 10.9. The van der Waals surface area contributed by atoms with Gasteiger partial charge in [0.05, 0.1) is 5.69 Å². The molecule has 2 unspecified atom stereocenters. The van der Waals surface area contributed by atoms with Crippen LogP contribution in [0.1, 0.15) is 56.5 Å². The fraction of sp³-hybridized carbons (Fsp3) is 0.714. The highest BCUT2D eigenvalue weighted by atomic mass is 19.3. The maximum atomic E-state index is 14.2. The molecule has 112 valence electrons. The molecule has 0 bridgehead atoms. The van der Waals surface area contributed by atoms with E-state index in [2.05, 4.69) is 5.10 Å². The number of carboxylic acid groups (broad SMARTS) is 1. The number of hydrogen-bond donors (Lipinski definition) is 1. The van der Waals surface area contributed by atoms with Crippen LogP contribution in [0.3, 0.4) is 0 Å². The van der Waals surface area contributed by atoms with Crippen molar-refractivity contribution in [2.24, 2.45) is 5.92 Å². The van der Waals surface area contributed by atoms with Gasteiger partial charge >= 0.3 is 5.97 Å². The molecular weight excluding hydrogens is 266 g/mol. The van der Waals surface area contributed by atoms with E-state index in [-0.39, 0.29) is 18.0 Å². The minimum atomic E-state index is -3.03. The highest BCUT2D eigenvalue weighted by Gasteiger charge is 2.43. The molecule has 0 amide bonds. The zero-order valence-electron chi connectivity index (χ0n) is 12.0. The molecule has 2 rings (SSSR count). The van der Waals surface area contributed by atoms with Gasteiger partial charge in [-0.2, -0.15) is 13.9 Å². The van der Waals surface area contributed by atoms with E-state index in [1.54, 1.807) is 0 Å². The van der Waals surface area contributed by atoms with Crippen molar-refractivity contribution in [2.75, 3.05) is 0 Å². The van der Waals surface area contributed by atoms with E-state index in [0.717, 1.165) is 11.1 Å². The third-order valence-corrected chi connectivity index (χ3v) is 4.29. The molecule has 0 saturated heterocycles. The van der Waals surface area contributed by atoms with Gasteiger partial charge in [-0.1, -0.05) is 27.2 Å². The summed E-state index contributed by atoms with van der Waals surface area (Å²) < 4.78 is 29.4. The summed E-state index contributed by atoms with van der Waals surface area (Å²) in [5.41, 5.74) is 1.03. The summed E-state index contributed by atoms with van der Waals surface area (Å²) in [6, 6.07) is 0. The van der Waals surface area contributed by atoms with Crippen molar-refractivity contribution in [2.45, 2.75) is 58.4 Å². The fourth-order valence-electron chi connectivity index (χ4n) is 3.06. The van der Waals surface area contributed by atoms with E-state index >= 15 is 0 Å². The first-order valence-electron chi connectivity index (χ1n) is 7.01. The van der Waals surface area contributed by atoms with Crippen LogP contribution in [-0.4, -0.2) is 20.9 Å². The average Bonchev–Trinajstić information content (AvgIpc) is 2.86. The van der Waals surface area contributed by atoms with Crippen molar-refractivity contribution in [3.05, 3.63) is 17.0 Å². The highest BCUT2D eigenvalue weighted by molar-refractivity contribution is 5.66. The van der Waals surface area contributed by atoms with Gasteiger partial charge in [0.2, 0.25) is 0 Å². The van der Waals surface area contributed by atoms with Crippen LogP contribution in [0.15, 0.2) is 0 Å². The third kappa shape index (κ3) is 2.31. The van der Waals surface area contributed by atoms with Gasteiger partial charge in [-0.25, -0.2) is 0 Å². The van der Waals surface area contributed by atoms with E-state index in [1.165, 1.54) is 6.92 Å². The van der Waals surface area contributed by atoms with Gasteiger partial charge in [0.1, 0.15) is 12.2 Å². The van der Waals surface area contributed by atoms with Gasteiger partial charge in [0.25, 0.3) is 5.92 Å². The molecule has 1 aromatic heterocycles. The van der Waals surface area contributed by atoms with Crippen LogP contribution in [-0.2, 0) is 23.7 Å². The minimum absolute atomic E-state index is 0.108. The number of halogens is 2. The summed E-state index contributed by atoms with van der Waals surface area (Å²) in [6.07, 6.45) is 1.13. The lowest BCUT2D eigenvalue weighted by molar-refractivity contribution is -0.138. The smallest absolute Gasteiger partial charge is 0.325 e. The predicted octanol–water partition coefficient (Wildman–Crippen LogP) is 3.16. The summed E-state index contributed by atoms with van der Waals surface area (Å²) in [6.45, 7) is 4.91. The predicted molar refractivity (Wildman–Crippen MR) is 69.9 cm³/mol. The molecule has 0 saturated carbocycles. The molecule has 1 aliphatic rings. The lowest BCUT2D eigenvalue weighted by Gasteiger charge is -2.18. The Morgan fingerprint density at radius 1 is 1.50 bits per heavy atom. The summed E-state index contributed by atoms with van der Waals surface area (Å²) >= 11 is 0. The molecule has 1 aliphatic carbocycles. The molecule has 0 aromatic carbocycles. The number of aliphatic carboxylic acids is 1. The number of fused-ring (bicyclic) bond motifs is 1. The lowest BCUT2D eigenvalue weighted by atomic mass is 9.94. The maximum absolute atomic E-state index is 14.2. The van der Waals surface area contributed by atoms with Crippen molar-refractivity contribution in [3.8, 4) is 0 Å². The summed E-state index contributed by atoms with van der Waals surface area (Å²) in [7, 11) is 0. The number of aromatic nitrogens is 2. The van der Waals surface area contributed by atoms with Crippen LogP contribution in [0.5, 0.6) is 0 Å². The van der Waals surface area contributed by atoms with Gasteiger partial charge in [-0.05, 0) is 12.3 Å². The highest BCUT2D eigenvalue weighted by Crippen LogP contribution is 2.45. The Hall–Kier alpha value is -1.46. The van der Waals surface area contributed by atoms with Crippen LogP contribution in [0.4, 0.5) is 8.78 Å². The van der Waals surface area contributed by atoms with E-state index in [1.807, 2.05) is 13.8 Å². The second-order valence-corrected chi connectivity index (χ2v) is 5.48. The molecule has 0 aliphatic heterocycles. The molecule has 0 spiro atoms. The molecule has 6 heteroatoms. The summed E-state index contributed by atoms with van der Waals surface area (Å²) in [5, 5.41) is 13.1. The van der Waals surface area contributed by atoms with Gasteiger partial charge in [0.15, 0.2) is 0 Å². The number of nitrogens with zero attached hydrogens (tertiary/aromatic N) is 2. The van der Waals surface area contributed by atoms with Crippen molar-refractivity contribution >= 4 is 5.97 Å². The quantitative estimate of drug-likeness (QED) is 0.904. The van der Waals surface area contributed by atoms with Crippen molar-refractivity contribution in [1.82, 2.24) is 9.78 Å². The van der Waals surface area contributed by atoms with E-state index in [4.69, 9.17) is 5.11 Å². The minimum Gasteiger partial charge on any atom is -0.480 e. The van der Waals surface area contributed by atoms with Crippen LogP contribution >= 0.6 is 0 Å². The van der Waals surface area contributed by atoms with Crippen LogP contribution in [0, 0.1) is 5.92 Å². The molecule has 1 N–H and O–H groups in total. The van der Waals surface area contributed by atoms with Gasteiger partial charge < -0.3 is 5.11 Å². The van der Waals surface area contributed by atoms with Gasteiger partial charge in [-0.15, -0.1) is 0 Å². The molecule has 1 aromatic rings. The molecule has 0 radical (unpaired) electrons. The van der Waals surface area contributed by atoms with Crippen LogP contribution in [0.2, 0.25) is 0 Å². The van der Waals surface area contributed by atoms with Crippen LogP contribution < -0.4 is 0 Å². The second kappa shape index (κ2) is 5.14. The van der Waals surface area contributed by atoms with Gasteiger partial charge in [-0.3, -0.25) is 9.48 Å². The van der Waals surface area contributed by atoms with Crippen LogP contribution in [0.25, 0.3) is 0 Å². The Morgan fingerprint density at radius 3 is 2.65 bits per heavy atom. The first-order valence-corrected chi connectivity index (χ1v) is 7.01. The normalized spacial score (nSPS) is 22.1. The molecular formula is C14H20F2N2O2. The third-order valence-electron chi connectivity index (χ3n) is 4.29. The zero-order valence-corrected chi connectivity index (χ0v) is 12.0. The number of alkyl halides is 2. The molecule has 1 heterocycles. The molecule has 4 nitrogen and oxygen atoms in total. The van der Waals surface area contributed by atoms with Crippen molar-refractivity contribution in [3.63, 3.8) is 0 Å². The van der Waals surface area contributed by atoms with Crippen molar-refractivity contribution in [1.29, 1.82) is 0 Å². The van der Waals surface area contributed by atoms with E-state index < -0.39 is 18.4 Å². The largest absolute Gasteiger partial charge is 0.480 e. The first kappa shape index (κ1) is 14.9. The Labute approximate surface area is 116 Å². The zero-order chi connectivity index (χ0) is 15.1. The topological polar surface area (TPSA) is 55.1 Å². The Bertz CT molecular complexity index is 525. The number of hydrogen-bond acceptors (Lipinski definition) is 2. The fourth-order valence-corrected chi connectivity index (χ4v) is 3.06. The average molecular weight is 286 g/mol. The number of rotatable bonds is 5. The van der Waals surface area contributed by atoms with Gasteiger partial charge in [0, 0.05) is 17.9 Å². The monoisotopic (exact) mass is 286 g/mol. The lowest BCUT2D eigenvalue weighted by Crippen LogP contribution is -2.23. The molecule has 0 fully saturated rings. The summed E-state index contributed by atoms with van der Waals surface area (Å²) in [5.74, 6) is -3.76. The molecule has 20 heavy (non-hydrogen) atoms. The van der Waals surface area contributed by atoms with E-state index in [9.17, 15) is 13.6 Å². The Balaban J connectivity index is 2.53. The van der Waals surface area contributed by atoms with Crippen molar-refractivity contribution < 1.29 is 18.7 Å². The maximum Gasteiger partial charge on any atom is 0.325 e. The SMILES string of the molecule is CCC1Cc2c(nn(CC(=O)O)c2C(F)(F)CC)C1C. The standard InChI is InChI=1S/C14H20F2N2O2/c1-4-9-6-10-12(8(9)3)17-18(7-11(19)20)13(10)14(15,16)5-2/h8-9H,4-7H2,1-3H3,(H,19,20). The number of carboxylic acids is 1. The first-order chi connectivity index (χ1) is 9.31.